The van der Waals surface area contributed by atoms with Crippen molar-refractivity contribution in [2.75, 3.05) is 0 Å². The predicted octanol–water partition coefficient (Wildman–Crippen LogP) is 1.55. The summed E-state index contributed by atoms with van der Waals surface area (Å²) in [6.45, 7) is 3.34. The number of carbonyl (C=O) groups is 2. The lowest BCUT2D eigenvalue weighted by molar-refractivity contribution is -0.133. The highest BCUT2D eigenvalue weighted by molar-refractivity contribution is 6.27. The predicted molar refractivity (Wildman–Crippen MR) is 42.7 cm³/mol. The molecule has 0 spiro atoms. The maximum Gasteiger partial charge on any atom is 0.148 e. The fraction of sp³-hybridized carbons (Fsp3) is 0.750. The van der Waals surface area contributed by atoms with Gasteiger partial charge >= 0.3 is 0 Å². The Balaban J connectivity index is 2.98. The third-order valence-electron chi connectivity index (χ3n) is 2.53. The van der Waals surface area contributed by atoms with Crippen molar-refractivity contribution in [2.24, 2.45) is 5.41 Å². The van der Waals surface area contributed by atoms with Crippen molar-refractivity contribution in [3.05, 3.63) is 0 Å². The minimum absolute atomic E-state index is 0.00926. The van der Waals surface area contributed by atoms with Crippen LogP contribution in [-0.2, 0) is 9.59 Å². The lowest BCUT2D eigenvalue weighted by Gasteiger charge is -2.22. The minimum Gasteiger partial charge on any atom is -0.299 e. The van der Waals surface area contributed by atoms with Gasteiger partial charge in [0.05, 0.1) is 5.38 Å². The Kier molecular flexibility index (Phi) is 2.06. The van der Waals surface area contributed by atoms with Crippen molar-refractivity contribution in [1.82, 2.24) is 0 Å². The van der Waals surface area contributed by atoms with Crippen LogP contribution in [0.1, 0.15) is 26.7 Å². The maximum atomic E-state index is 11.2. The van der Waals surface area contributed by atoms with Crippen molar-refractivity contribution < 1.29 is 9.59 Å². The van der Waals surface area contributed by atoms with Gasteiger partial charge in [-0.05, 0) is 13.8 Å². The van der Waals surface area contributed by atoms with Crippen LogP contribution in [0, 0.1) is 5.41 Å². The third kappa shape index (κ3) is 1.09. The van der Waals surface area contributed by atoms with Gasteiger partial charge in [-0.1, -0.05) is 0 Å². The Hall–Kier alpha value is -0.370. The van der Waals surface area contributed by atoms with Crippen LogP contribution in [0.5, 0.6) is 0 Å². The second kappa shape index (κ2) is 2.59. The Morgan fingerprint density at radius 2 is 1.73 bits per heavy atom. The first kappa shape index (κ1) is 8.72. The number of hydrogen-bond acceptors (Lipinski definition) is 2. The summed E-state index contributed by atoms with van der Waals surface area (Å²) in [4.78, 5) is 22.5. The van der Waals surface area contributed by atoms with E-state index >= 15 is 0 Å². The van der Waals surface area contributed by atoms with Crippen molar-refractivity contribution in [1.29, 1.82) is 0 Å². The Labute approximate surface area is 70.9 Å². The number of Topliss-reactive ketones (excluding diaryl/α,β-unsaturated/α-hetero) is 2. The largest absolute Gasteiger partial charge is 0.299 e. The molecule has 3 heteroatoms. The molecule has 0 aromatic carbocycles. The summed E-state index contributed by atoms with van der Waals surface area (Å²) in [6, 6.07) is 0. The molecule has 1 saturated carbocycles. The zero-order chi connectivity index (χ0) is 8.65. The second-order valence-electron chi connectivity index (χ2n) is 3.16. The fourth-order valence-corrected chi connectivity index (χ4v) is 1.59. The number of carbonyl (C=O) groups excluding carboxylic acids is 2. The number of alkyl halides is 1. The molecule has 0 amide bonds. The van der Waals surface area contributed by atoms with E-state index in [1.54, 1.807) is 13.8 Å². The van der Waals surface area contributed by atoms with Gasteiger partial charge in [0.25, 0.3) is 0 Å². The smallest absolute Gasteiger partial charge is 0.148 e. The molecular formula is C8H11ClO2. The van der Waals surface area contributed by atoms with Crippen LogP contribution in [0.2, 0.25) is 0 Å². The topological polar surface area (TPSA) is 34.1 Å². The highest BCUT2D eigenvalue weighted by Gasteiger charge is 2.48. The summed E-state index contributed by atoms with van der Waals surface area (Å²) in [6.07, 6.45) is 0.735. The van der Waals surface area contributed by atoms with Crippen LogP contribution in [-0.4, -0.2) is 16.9 Å². The van der Waals surface area contributed by atoms with Crippen molar-refractivity contribution in [3.8, 4) is 0 Å². The molecule has 0 aromatic heterocycles. The van der Waals surface area contributed by atoms with Crippen LogP contribution in [0.4, 0.5) is 0 Å². The average molecular weight is 175 g/mol. The Morgan fingerprint density at radius 1 is 1.36 bits per heavy atom. The van der Waals surface area contributed by atoms with Crippen LogP contribution in [0.15, 0.2) is 0 Å². The van der Waals surface area contributed by atoms with Crippen LogP contribution >= 0.6 is 11.6 Å². The second-order valence-corrected chi connectivity index (χ2v) is 3.82. The highest BCUT2D eigenvalue weighted by Crippen LogP contribution is 2.36. The maximum absolute atomic E-state index is 11.2. The molecule has 1 atom stereocenters. The van der Waals surface area contributed by atoms with Gasteiger partial charge < -0.3 is 0 Å². The van der Waals surface area contributed by atoms with Gasteiger partial charge in [-0.3, -0.25) is 9.59 Å². The normalized spacial score (nSPS) is 25.7. The molecule has 1 aliphatic carbocycles. The molecular weight excluding hydrogens is 164 g/mol. The van der Waals surface area contributed by atoms with E-state index in [1.807, 2.05) is 0 Å². The summed E-state index contributed by atoms with van der Waals surface area (Å²) >= 11 is 5.77. The van der Waals surface area contributed by atoms with Crippen LogP contribution < -0.4 is 0 Å². The van der Waals surface area contributed by atoms with Gasteiger partial charge in [0.2, 0.25) is 0 Å². The Bertz CT molecular complexity index is 192. The molecule has 0 aromatic rings. The molecule has 0 N–H and O–H groups in total. The van der Waals surface area contributed by atoms with Crippen molar-refractivity contribution in [3.63, 3.8) is 0 Å². The fourth-order valence-electron chi connectivity index (χ4n) is 1.35. The van der Waals surface area contributed by atoms with E-state index < -0.39 is 5.41 Å². The molecule has 1 aliphatic rings. The van der Waals surface area contributed by atoms with Gasteiger partial charge in [-0.2, -0.15) is 0 Å². The third-order valence-corrected chi connectivity index (χ3v) is 2.97. The molecule has 1 rings (SSSR count). The van der Waals surface area contributed by atoms with E-state index in [0.717, 1.165) is 0 Å². The zero-order valence-electron chi connectivity index (χ0n) is 6.69. The van der Waals surface area contributed by atoms with E-state index in [0.29, 0.717) is 12.8 Å². The van der Waals surface area contributed by atoms with E-state index in [-0.39, 0.29) is 16.9 Å². The standard InChI is InChI=1S/C8H11ClO2/c1-5(9)8(2)6(10)3-4-7(8)11/h5H,3-4H2,1-2H3. The first-order valence-electron chi connectivity index (χ1n) is 3.70. The van der Waals surface area contributed by atoms with Crippen molar-refractivity contribution >= 4 is 23.2 Å². The molecule has 11 heavy (non-hydrogen) atoms. The van der Waals surface area contributed by atoms with E-state index in [2.05, 4.69) is 0 Å². The quantitative estimate of drug-likeness (QED) is 0.447. The molecule has 2 nitrogen and oxygen atoms in total. The zero-order valence-corrected chi connectivity index (χ0v) is 7.44. The van der Waals surface area contributed by atoms with Gasteiger partial charge in [-0.15, -0.1) is 11.6 Å². The Morgan fingerprint density at radius 3 is 1.91 bits per heavy atom. The van der Waals surface area contributed by atoms with Crippen molar-refractivity contribution in [2.45, 2.75) is 32.1 Å². The minimum atomic E-state index is -0.901. The molecule has 0 heterocycles. The number of hydrogen-bond donors (Lipinski definition) is 0. The summed E-state index contributed by atoms with van der Waals surface area (Å²) in [5.41, 5.74) is -0.901. The summed E-state index contributed by atoms with van der Waals surface area (Å²) < 4.78 is 0. The first-order valence-corrected chi connectivity index (χ1v) is 4.14. The molecule has 62 valence electrons. The van der Waals surface area contributed by atoms with Crippen LogP contribution in [0.25, 0.3) is 0 Å². The van der Waals surface area contributed by atoms with E-state index in [9.17, 15) is 9.59 Å². The average Bonchev–Trinajstić information content (AvgIpc) is 2.18. The van der Waals surface area contributed by atoms with E-state index in [1.165, 1.54) is 0 Å². The van der Waals surface area contributed by atoms with Gasteiger partial charge in [-0.25, -0.2) is 0 Å². The van der Waals surface area contributed by atoms with Gasteiger partial charge in [0.15, 0.2) is 0 Å². The SMILES string of the molecule is CC(Cl)C1(C)C(=O)CCC1=O. The number of rotatable bonds is 1. The molecule has 1 unspecified atom stereocenters. The molecule has 1 fully saturated rings. The number of ketones is 2. The lowest BCUT2D eigenvalue weighted by atomic mass is 9.83. The molecule has 0 aliphatic heterocycles. The highest BCUT2D eigenvalue weighted by atomic mass is 35.5. The summed E-state index contributed by atoms with van der Waals surface area (Å²) in [5.74, 6) is -0.0185. The molecule has 0 bridgehead atoms. The summed E-state index contributed by atoms with van der Waals surface area (Å²) in [5, 5.41) is -0.384. The molecule has 0 saturated heterocycles. The first-order chi connectivity index (χ1) is 4.99. The van der Waals surface area contributed by atoms with Gasteiger partial charge in [0, 0.05) is 12.8 Å². The summed E-state index contributed by atoms with van der Waals surface area (Å²) in [7, 11) is 0. The van der Waals surface area contributed by atoms with E-state index in [4.69, 9.17) is 11.6 Å². The van der Waals surface area contributed by atoms with Gasteiger partial charge in [0.1, 0.15) is 17.0 Å². The van der Waals surface area contributed by atoms with Crippen LogP contribution in [0.3, 0.4) is 0 Å². The lowest BCUT2D eigenvalue weighted by Crippen LogP contribution is -2.36. The number of halogens is 1. The monoisotopic (exact) mass is 174 g/mol. The molecule has 0 radical (unpaired) electrons.